The van der Waals surface area contributed by atoms with E-state index < -0.39 is 0 Å². The van der Waals surface area contributed by atoms with Crippen molar-refractivity contribution in [3.63, 3.8) is 0 Å². The molecule has 0 spiro atoms. The number of nitrogens with zero attached hydrogens (tertiary/aromatic N) is 4. The van der Waals surface area contributed by atoms with E-state index in [1.807, 2.05) is 6.21 Å². The van der Waals surface area contributed by atoms with Gasteiger partial charge in [-0.1, -0.05) is 0 Å². The van der Waals surface area contributed by atoms with E-state index in [0.29, 0.717) is 6.54 Å². The number of anilines is 1. The maximum absolute atomic E-state index is 4.37. The molecule has 15 heavy (non-hydrogen) atoms. The second kappa shape index (κ2) is 3.58. The molecular formula is C10H13N5. The Morgan fingerprint density at radius 3 is 2.93 bits per heavy atom. The normalized spacial score (nSPS) is 19.3. The van der Waals surface area contributed by atoms with Crippen molar-refractivity contribution in [2.24, 2.45) is 4.99 Å². The monoisotopic (exact) mass is 203 g/mol. The maximum Gasteiger partial charge on any atom is 0.141 e. The molecule has 5 heteroatoms. The summed E-state index contributed by atoms with van der Waals surface area (Å²) in [6.07, 6.45) is 3.54. The Labute approximate surface area is 88.3 Å². The van der Waals surface area contributed by atoms with Crippen molar-refractivity contribution in [2.75, 3.05) is 31.1 Å². The Kier molecular flexibility index (Phi) is 2.10. The lowest BCUT2D eigenvalue weighted by atomic mass is 10.2. The number of aromatic nitrogens is 2. The zero-order valence-electron chi connectivity index (χ0n) is 8.48. The highest BCUT2D eigenvalue weighted by Crippen LogP contribution is 2.22. The fourth-order valence-corrected chi connectivity index (χ4v) is 2.03. The number of fused-ring (bicyclic) bond motifs is 1. The first-order valence-corrected chi connectivity index (χ1v) is 5.24. The molecule has 0 radical (unpaired) electrons. The van der Waals surface area contributed by atoms with Crippen molar-refractivity contribution >= 4 is 12.0 Å². The van der Waals surface area contributed by atoms with Crippen LogP contribution in [0.15, 0.2) is 11.3 Å². The summed E-state index contributed by atoms with van der Waals surface area (Å²) in [5.74, 6) is 1.04. The molecule has 2 aliphatic rings. The molecule has 1 N–H and O–H groups in total. The summed E-state index contributed by atoms with van der Waals surface area (Å²) in [5, 5.41) is 3.33. The predicted octanol–water partition coefficient (Wildman–Crippen LogP) is -0.181. The van der Waals surface area contributed by atoms with Gasteiger partial charge in [-0.15, -0.1) is 0 Å². The van der Waals surface area contributed by atoms with Crippen molar-refractivity contribution in [3.8, 4) is 0 Å². The highest BCUT2D eigenvalue weighted by Gasteiger charge is 2.19. The van der Waals surface area contributed by atoms with Crippen molar-refractivity contribution in [2.45, 2.75) is 6.54 Å². The van der Waals surface area contributed by atoms with E-state index >= 15 is 0 Å². The van der Waals surface area contributed by atoms with Crippen LogP contribution in [0.5, 0.6) is 0 Å². The van der Waals surface area contributed by atoms with Gasteiger partial charge in [0.2, 0.25) is 0 Å². The Morgan fingerprint density at radius 2 is 2.07 bits per heavy atom. The maximum atomic E-state index is 4.37. The van der Waals surface area contributed by atoms with Crippen LogP contribution in [0.4, 0.5) is 5.82 Å². The SMILES string of the molecule is C1=NCc2ncnc(N3CCNCC3)c21. The van der Waals surface area contributed by atoms with Crippen molar-refractivity contribution in [1.29, 1.82) is 0 Å². The smallest absolute Gasteiger partial charge is 0.141 e. The average Bonchev–Trinajstić information content (AvgIpc) is 2.78. The van der Waals surface area contributed by atoms with Crippen molar-refractivity contribution in [1.82, 2.24) is 15.3 Å². The highest BCUT2D eigenvalue weighted by molar-refractivity contribution is 5.90. The minimum Gasteiger partial charge on any atom is -0.353 e. The number of rotatable bonds is 1. The third kappa shape index (κ3) is 1.48. The van der Waals surface area contributed by atoms with E-state index in [-0.39, 0.29) is 0 Å². The standard InChI is InChI=1S/C10H13N5/c1-3-15(4-2-11-1)10-8-5-12-6-9(8)13-7-14-10/h5,7,11H,1-4,6H2. The molecule has 0 atom stereocenters. The summed E-state index contributed by atoms with van der Waals surface area (Å²) in [5.41, 5.74) is 2.16. The zero-order chi connectivity index (χ0) is 10.1. The number of nitrogens with one attached hydrogen (secondary N) is 1. The zero-order valence-corrected chi connectivity index (χ0v) is 8.48. The summed E-state index contributed by atoms with van der Waals surface area (Å²) in [6.45, 7) is 4.78. The third-order valence-corrected chi connectivity index (χ3v) is 2.82. The first kappa shape index (κ1) is 8.79. The van der Waals surface area contributed by atoms with E-state index in [1.54, 1.807) is 6.33 Å². The second-order valence-corrected chi connectivity index (χ2v) is 3.76. The van der Waals surface area contributed by atoms with Gasteiger partial charge in [-0.25, -0.2) is 9.97 Å². The van der Waals surface area contributed by atoms with Crippen LogP contribution in [-0.4, -0.2) is 42.4 Å². The molecule has 2 aliphatic heterocycles. The minimum atomic E-state index is 0.705. The minimum absolute atomic E-state index is 0.705. The van der Waals surface area contributed by atoms with Crippen LogP contribution < -0.4 is 10.2 Å². The third-order valence-electron chi connectivity index (χ3n) is 2.82. The molecule has 0 unspecified atom stereocenters. The lowest BCUT2D eigenvalue weighted by Gasteiger charge is -2.29. The Hall–Kier alpha value is -1.49. The quantitative estimate of drug-likeness (QED) is 0.688. The van der Waals surface area contributed by atoms with Gasteiger partial charge >= 0.3 is 0 Å². The molecule has 3 heterocycles. The van der Waals surface area contributed by atoms with E-state index in [9.17, 15) is 0 Å². The van der Waals surface area contributed by atoms with Gasteiger partial charge in [0.15, 0.2) is 0 Å². The summed E-state index contributed by atoms with van der Waals surface area (Å²) in [6, 6.07) is 0. The second-order valence-electron chi connectivity index (χ2n) is 3.76. The molecular weight excluding hydrogens is 190 g/mol. The number of hydrogen-bond acceptors (Lipinski definition) is 5. The Balaban J connectivity index is 1.96. The molecule has 1 fully saturated rings. The Bertz CT molecular complexity index is 395. The van der Waals surface area contributed by atoms with E-state index in [1.165, 1.54) is 0 Å². The summed E-state index contributed by atoms with van der Waals surface area (Å²) in [7, 11) is 0. The summed E-state index contributed by atoms with van der Waals surface area (Å²) in [4.78, 5) is 15.1. The average molecular weight is 203 g/mol. The molecule has 0 aromatic carbocycles. The largest absolute Gasteiger partial charge is 0.353 e. The van der Waals surface area contributed by atoms with Crippen LogP contribution in [0, 0.1) is 0 Å². The van der Waals surface area contributed by atoms with Gasteiger partial charge in [-0.3, -0.25) is 4.99 Å². The molecule has 5 nitrogen and oxygen atoms in total. The molecule has 0 amide bonds. The molecule has 1 saturated heterocycles. The lowest BCUT2D eigenvalue weighted by molar-refractivity contribution is 0.584. The summed E-state index contributed by atoms with van der Waals surface area (Å²) < 4.78 is 0. The molecule has 0 saturated carbocycles. The van der Waals surface area contributed by atoms with Gasteiger partial charge in [-0.2, -0.15) is 0 Å². The Morgan fingerprint density at radius 1 is 1.20 bits per heavy atom. The highest BCUT2D eigenvalue weighted by atomic mass is 15.2. The first-order valence-electron chi connectivity index (χ1n) is 5.24. The van der Waals surface area contributed by atoms with E-state index in [2.05, 4.69) is 25.2 Å². The van der Waals surface area contributed by atoms with Crippen molar-refractivity contribution < 1.29 is 0 Å². The van der Waals surface area contributed by atoms with Crippen LogP contribution >= 0.6 is 0 Å². The van der Waals surface area contributed by atoms with Gasteiger partial charge in [-0.05, 0) is 0 Å². The predicted molar refractivity (Wildman–Crippen MR) is 58.4 cm³/mol. The van der Waals surface area contributed by atoms with Crippen LogP contribution in [0.1, 0.15) is 11.3 Å². The first-order chi connectivity index (χ1) is 7.45. The molecule has 0 aliphatic carbocycles. The van der Waals surface area contributed by atoms with Crippen LogP contribution in [-0.2, 0) is 6.54 Å². The lowest BCUT2D eigenvalue weighted by Crippen LogP contribution is -2.44. The fraction of sp³-hybridized carbons (Fsp3) is 0.500. The van der Waals surface area contributed by atoms with Gasteiger partial charge in [0, 0.05) is 32.4 Å². The topological polar surface area (TPSA) is 53.4 Å². The van der Waals surface area contributed by atoms with Gasteiger partial charge in [0.05, 0.1) is 17.8 Å². The molecule has 1 aromatic heterocycles. The van der Waals surface area contributed by atoms with Crippen molar-refractivity contribution in [3.05, 3.63) is 17.6 Å². The van der Waals surface area contributed by atoms with E-state index in [4.69, 9.17) is 0 Å². The summed E-state index contributed by atoms with van der Waals surface area (Å²) >= 11 is 0. The van der Waals surface area contributed by atoms with Crippen LogP contribution in [0.2, 0.25) is 0 Å². The molecule has 1 aromatic rings. The molecule has 78 valence electrons. The van der Waals surface area contributed by atoms with Gasteiger partial charge < -0.3 is 10.2 Å². The van der Waals surface area contributed by atoms with Gasteiger partial charge in [0.1, 0.15) is 12.1 Å². The molecule has 0 bridgehead atoms. The number of piperazine rings is 1. The molecule has 3 rings (SSSR count). The van der Waals surface area contributed by atoms with Crippen LogP contribution in [0.3, 0.4) is 0 Å². The number of hydrogen-bond donors (Lipinski definition) is 1. The van der Waals surface area contributed by atoms with Crippen LogP contribution in [0.25, 0.3) is 0 Å². The van der Waals surface area contributed by atoms with E-state index in [0.717, 1.165) is 43.3 Å². The fourth-order valence-electron chi connectivity index (χ4n) is 2.03. The number of aliphatic imine (C=N–C) groups is 1. The van der Waals surface area contributed by atoms with Gasteiger partial charge in [0.25, 0.3) is 0 Å².